The van der Waals surface area contributed by atoms with Gasteiger partial charge in [0.25, 0.3) is 0 Å². The van der Waals surface area contributed by atoms with Crippen LogP contribution in [0.4, 0.5) is 24.5 Å². The van der Waals surface area contributed by atoms with E-state index in [2.05, 4.69) is 17.1 Å². The molecule has 0 aromatic heterocycles. The molecule has 1 amide bonds. The summed E-state index contributed by atoms with van der Waals surface area (Å²) in [6, 6.07) is 10.8. The lowest BCUT2D eigenvalue weighted by molar-refractivity contribution is -0.137. The number of rotatable bonds is 10. The van der Waals surface area contributed by atoms with Gasteiger partial charge in [-0.3, -0.25) is 9.69 Å². The van der Waals surface area contributed by atoms with Crippen LogP contribution < -0.4 is 19.7 Å². The number of amides is 1. The lowest BCUT2D eigenvalue weighted by Gasteiger charge is -2.37. The van der Waals surface area contributed by atoms with Crippen molar-refractivity contribution in [3.8, 4) is 11.5 Å². The molecule has 0 fully saturated rings. The first-order chi connectivity index (χ1) is 16.2. The highest BCUT2D eigenvalue weighted by Gasteiger charge is 2.31. The third kappa shape index (κ3) is 6.77. The van der Waals surface area contributed by atoms with Crippen LogP contribution in [0.1, 0.15) is 12.5 Å². The van der Waals surface area contributed by atoms with Gasteiger partial charge in [0, 0.05) is 20.2 Å². The van der Waals surface area contributed by atoms with Crippen LogP contribution in [0.2, 0.25) is 0 Å². The number of fused-ring (bicyclic) bond motifs is 1. The molecule has 1 atom stereocenters. The monoisotopic (exact) mass is 481 g/mol. The second-order valence-electron chi connectivity index (χ2n) is 8.04. The van der Waals surface area contributed by atoms with Crippen molar-refractivity contribution < 1.29 is 32.2 Å². The van der Waals surface area contributed by atoms with E-state index in [0.29, 0.717) is 13.1 Å². The zero-order valence-electron chi connectivity index (χ0n) is 19.5. The van der Waals surface area contributed by atoms with Crippen molar-refractivity contribution in [2.24, 2.45) is 0 Å². The minimum absolute atomic E-state index is 0.0264. The summed E-state index contributed by atoms with van der Waals surface area (Å²) in [7, 11) is 3.25. The number of hydrogen-bond acceptors (Lipinski definition) is 6. The van der Waals surface area contributed by atoms with Crippen LogP contribution in [0.25, 0.3) is 0 Å². The van der Waals surface area contributed by atoms with Crippen molar-refractivity contribution in [1.82, 2.24) is 4.90 Å². The molecule has 10 heteroatoms. The summed E-state index contributed by atoms with van der Waals surface area (Å²) in [5.74, 6) is 0.481. The van der Waals surface area contributed by atoms with Crippen LogP contribution in [-0.2, 0) is 15.7 Å². The Kier molecular flexibility index (Phi) is 8.62. The van der Waals surface area contributed by atoms with E-state index < -0.39 is 17.6 Å². The molecule has 3 rings (SSSR count). The molecule has 0 unspecified atom stereocenters. The molecule has 0 spiro atoms. The number of hydrogen-bond donors (Lipinski definition) is 1. The van der Waals surface area contributed by atoms with E-state index in [0.717, 1.165) is 30.1 Å². The number of ether oxygens (including phenoxy) is 3. The number of para-hydroxylation sites is 2. The van der Waals surface area contributed by atoms with Gasteiger partial charge in [-0.15, -0.1) is 0 Å². The molecule has 0 aliphatic carbocycles. The second kappa shape index (κ2) is 11.4. The van der Waals surface area contributed by atoms with Crippen LogP contribution in [0.3, 0.4) is 0 Å². The Hall–Kier alpha value is -2.98. The lowest BCUT2D eigenvalue weighted by Crippen LogP contribution is -2.46. The normalized spacial score (nSPS) is 15.6. The number of alkyl halides is 3. The summed E-state index contributed by atoms with van der Waals surface area (Å²) in [5, 5.41) is 2.56. The summed E-state index contributed by atoms with van der Waals surface area (Å²) in [6.45, 7) is 4.40. The zero-order chi connectivity index (χ0) is 24.7. The van der Waals surface area contributed by atoms with Crippen LogP contribution in [0.15, 0.2) is 42.5 Å². The van der Waals surface area contributed by atoms with E-state index >= 15 is 0 Å². The van der Waals surface area contributed by atoms with Gasteiger partial charge in [0.15, 0.2) is 0 Å². The summed E-state index contributed by atoms with van der Waals surface area (Å²) in [4.78, 5) is 16.7. The van der Waals surface area contributed by atoms with Gasteiger partial charge in [0.1, 0.15) is 24.2 Å². The number of carbonyl (C=O) groups is 1. The fourth-order valence-corrected chi connectivity index (χ4v) is 3.79. The first-order valence-corrected chi connectivity index (χ1v) is 11.0. The topological polar surface area (TPSA) is 63.3 Å². The van der Waals surface area contributed by atoms with Crippen molar-refractivity contribution in [3.05, 3.63) is 48.0 Å². The Morgan fingerprint density at radius 3 is 2.71 bits per heavy atom. The Balaban J connectivity index is 1.63. The third-order valence-electron chi connectivity index (χ3n) is 5.36. The van der Waals surface area contributed by atoms with E-state index in [9.17, 15) is 18.0 Å². The molecule has 1 heterocycles. The molecule has 1 aliphatic rings. The second-order valence-corrected chi connectivity index (χ2v) is 8.04. The maximum absolute atomic E-state index is 13.2. The van der Waals surface area contributed by atoms with Crippen molar-refractivity contribution in [1.29, 1.82) is 0 Å². The molecule has 2 aromatic carbocycles. The standard InChI is InChI=1S/C24H30F3N3O4/c1-4-30-15-18(34-22-8-6-5-7-20(22)30)14-29(2)16-23(31)28-19-13-17(24(25,26)27)9-10-21(19)33-12-11-32-3/h5-10,13,18H,4,11-12,14-16H2,1-3H3,(H,28,31)/t18-/m0/s1. The van der Waals surface area contributed by atoms with Gasteiger partial charge in [0.05, 0.1) is 36.6 Å². The van der Waals surface area contributed by atoms with Crippen molar-refractivity contribution in [3.63, 3.8) is 0 Å². The van der Waals surface area contributed by atoms with Crippen molar-refractivity contribution in [2.75, 3.05) is 63.8 Å². The Labute approximate surface area is 197 Å². The number of benzene rings is 2. The molecule has 2 aromatic rings. The molecule has 0 bridgehead atoms. The van der Waals surface area contributed by atoms with E-state index in [1.165, 1.54) is 13.2 Å². The number of likely N-dealkylation sites (N-methyl/N-ethyl adjacent to an activating group) is 2. The molecule has 0 saturated heterocycles. The zero-order valence-corrected chi connectivity index (χ0v) is 19.5. The van der Waals surface area contributed by atoms with Gasteiger partial charge in [0.2, 0.25) is 5.91 Å². The quantitative estimate of drug-likeness (QED) is 0.520. The Bertz CT molecular complexity index is 971. The highest BCUT2D eigenvalue weighted by molar-refractivity contribution is 5.93. The molecule has 1 aliphatic heterocycles. The molecular formula is C24H30F3N3O4. The smallest absolute Gasteiger partial charge is 0.416 e. The van der Waals surface area contributed by atoms with Gasteiger partial charge < -0.3 is 24.4 Å². The maximum Gasteiger partial charge on any atom is 0.416 e. The highest BCUT2D eigenvalue weighted by Crippen LogP contribution is 2.35. The summed E-state index contributed by atoms with van der Waals surface area (Å²) < 4.78 is 56.0. The summed E-state index contributed by atoms with van der Waals surface area (Å²) in [5.41, 5.74) is 0.126. The SMILES string of the molecule is CCN1C[C@H](CN(C)CC(=O)Nc2cc(C(F)(F)F)ccc2OCCOC)Oc2ccccc21. The predicted molar refractivity (Wildman–Crippen MR) is 124 cm³/mol. The van der Waals surface area contributed by atoms with Crippen LogP contribution in [0, 0.1) is 0 Å². The van der Waals surface area contributed by atoms with Crippen LogP contribution >= 0.6 is 0 Å². The number of nitrogens with zero attached hydrogens (tertiary/aromatic N) is 2. The summed E-state index contributed by atoms with van der Waals surface area (Å²) in [6.07, 6.45) is -4.70. The number of anilines is 2. The molecule has 0 saturated carbocycles. The number of methoxy groups -OCH3 is 1. The average Bonchev–Trinajstić information content (AvgIpc) is 2.78. The van der Waals surface area contributed by atoms with Gasteiger partial charge >= 0.3 is 6.18 Å². The predicted octanol–water partition coefficient (Wildman–Crippen LogP) is 3.89. The number of nitrogens with one attached hydrogen (secondary N) is 1. The van der Waals surface area contributed by atoms with Gasteiger partial charge in [-0.05, 0) is 44.3 Å². The number of carbonyl (C=O) groups excluding carboxylic acids is 1. The van der Waals surface area contributed by atoms with Crippen LogP contribution in [0.5, 0.6) is 11.5 Å². The van der Waals surface area contributed by atoms with E-state index in [-0.39, 0.29) is 37.3 Å². The van der Waals surface area contributed by atoms with Crippen LogP contribution in [-0.4, -0.2) is 70.5 Å². The minimum Gasteiger partial charge on any atom is -0.489 e. The first kappa shape index (κ1) is 25.6. The molecular weight excluding hydrogens is 451 g/mol. The number of halogens is 3. The van der Waals surface area contributed by atoms with Crippen molar-refractivity contribution >= 4 is 17.3 Å². The first-order valence-electron chi connectivity index (χ1n) is 11.0. The molecule has 186 valence electrons. The Morgan fingerprint density at radius 2 is 2.00 bits per heavy atom. The van der Waals surface area contributed by atoms with Gasteiger partial charge in [-0.1, -0.05) is 12.1 Å². The lowest BCUT2D eigenvalue weighted by atomic mass is 10.1. The molecule has 0 radical (unpaired) electrons. The average molecular weight is 482 g/mol. The molecule has 34 heavy (non-hydrogen) atoms. The maximum atomic E-state index is 13.2. The van der Waals surface area contributed by atoms with E-state index in [1.54, 1.807) is 11.9 Å². The van der Waals surface area contributed by atoms with Crippen molar-refractivity contribution in [2.45, 2.75) is 19.2 Å². The minimum atomic E-state index is -4.54. The fourth-order valence-electron chi connectivity index (χ4n) is 3.79. The molecule has 1 N–H and O–H groups in total. The third-order valence-corrected chi connectivity index (χ3v) is 5.36. The Morgan fingerprint density at radius 1 is 1.24 bits per heavy atom. The highest BCUT2D eigenvalue weighted by atomic mass is 19.4. The largest absolute Gasteiger partial charge is 0.489 e. The fraction of sp³-hybridized carbons (Fsp3) is 0.458. The van der Waals surface area contributed by atoms with E-state index in [4.69, 9.17) is 14.2 Å². The van der Waals surface area contributed by atoms with E-state index in [1.807, 2.05) is 24.3 Å². The van der Waals surface area contributed by atoms with Gasteiger partial charge in [-0.25, -0.2) is 0 Å². The molecule has 7 nitrogen and oxygen atoms in total. The summed E-state index contributed by atoms with van der Waals surface area (Å²) >= 11 is 0. The van der Waals surface area contributed by atoms with Gasteiger partial charge in [-0.2, -0.15) is 13.2 Å².